The number of hydrogen-bond donors (Lipinski definition) is 3. The molecule has 0 radical (unpaired) electrons. The topological polar surface area (TPSA) is 103 Å². The normalized spacial score (nSPS) is 12.4. The van der Waals surface area contributed by atoms with Crippen LogP contribution < -0.4 is 25.8 Å². The van der Waals surface area contributed by atoms with Crippen molar-refractivity contribution in [2.24, 2.45) is 5.73 Å². The van der Waals surface area contributed by atoms with Gasteiger partial charge < -0.3 is 25.8 Å². The maximum Gasteiger partial charge on any atom is 0.313 e. The van der Waals surface area contributed by atoms with Crippen LogP contribution >= 0.6 is 12.2 Å². The van der Waals surface area contributed by atoms with Gasteiger partial charge in [-0.05, 0) is 12.1 Å². The Hall–Kier alpha value is -2.35. The lowest BCUT2D eigenvalue weighted by atomic mass is 10.2. The van der Waals surface area contributed by atoms with Crippen LogP contribution in [0.4, 0.5) is 5.69 Å². The van der Waals surface area contributed by atoms with E-state index in [1.165, 1.54) is 0 Å². The minimum Gasteiger partial charge on any atom is -0.486 e. The first kappa shape index (κ1) is 14.1. The number of hydrogen-bond acceptors (Lipinski definition) is 5. The highest BCUT2D eigenvalue weighted by molar-refractivity contribution is 7.80. The van der Waals surface area contributed by atoms with Crippen LogP contribution in [0.25, 0.3) is 0 Å². The van der Waals surface area contributed by atoms with E-state index in [4.69, 9.17) is 15.2 Å². The van der Waals surface area contributed by atoms with E-state index in [0.29, 0.717) is 30.4 Å². The van der Waals surface area contributed by atoms with E-state index in [9.17, 15) is 9.59 Å². The average molecular weight is 295 g/mol. The number of thiocarbonyl (C=S) groups is 1. The summed E-state index contributed by atoms with van der Waals surface area (Å²) < 4.78 is 10.7. The van der Waals surface area contributed by atoms with E-state index < -0.39 is 11.8 Å². The molecule has 1 aliphatic heterocycles. The maximum atomic E-state index is 11.6. The molecule has 1 heterocycles. The second kappa shape index (κ2) is 6.20. The summed E-state index contributed by atoms with van der Waals surface area (Å²) in [5, 5.41) is 4.74. The van der Waals surface area contributed by atoms with Gasteiger partial charge in [0.2, 0.25) is 0 Å². The molecule has 0 saturated heterocycles. The number of carbonyl (C=O) groups excluding carboxylic acids is 2. The lowest BCUT2D eigenvalue weighted by Crippen LogP contribution is -2.39. The molecule has 7 nitrogen and oxygen atoms in total. The van der Waals surface area contributed by atoms with Gasteiger partial charge in [-0.15, -0.1) is 0 Å². The van der Waals surface area contributed by atoms with Gasteiger partial charge in [0.25, 0.3) is 0 Å². The van der Waals surface area contributed by atoms with Gasteiger partial charge in [0, 0.05) is 11.8 Å². The summed E-state index contributed by atoms with van der Waals surface area (Å²) in [6.07, 6.45) is 0. The van der Waals surface area contributed by atoms with Gasteiger partial charge in [-0.25, -0.2) is 0 Å². The van der Waals surface area contributed by atoms with Crippen molar-refractivity contribution in [1.82, 2.24) is 5.32 Å². The highest BCUT2D eigenvalue weighted by Crippen LogP contribution is 2.32. The number of nitrogens with one attached hydrogen (secondary N) is 2. The fraction of sp³-hybridized carbons (Fsp3) is 0.250. The van der Waals surface area contributed by atoms with Gasteiger partial charge in [-0.3, -0.25) is 9.59 Å². The Morgan fingerprint density at radius 3 is 2.60 bits per heavy atom. The number of ether oxygens (including phenoxy) is 2. The molecule has 0 bridgehead atoms. The zero-order chi connectivity index (χ0) is 14.5. The smallest absolute Gasteiger partial charge is 0.313 e. The van der Waals surface area contributed by atoms with Gasteiger partial charge in [0.1, 0.15) is 13.2 Å². The third kappa shape index (κ3) is 3.58. The summed E-state index contributed by atoms with van der Waals surface area (Å²) in [5.41, 5.74) is 5.66. The zero-order valence-corrected chi connectivity index (χ0v) is 11.3. The molecule has 0 saturated carbocycles. The fourth-order valence-corrected chi connectivity index (χ4v) is 1.63. The number of rotatable bonds is 3. The Kier molecular flexibility index (Phi) is 4.36. The minimum atomic E-state index is -0.812. The van der Waals surface area contributed by atoms with E-state index in [2.05, 4.69) is 22.9 Å². The predicted molar refractivity (Wildman–Crippen MR) is 75.9 cm³/mol. The molecule has 4 N–H and O–H groups in total. The quantitative estimate of drug-likeness (QED) is 0.527. The Morgan fingerprint density at radius 2 is 1.90 bits per heavy atom. The summed E-state index contributed by atoms with van der Waals surface area (Å²) in [6.45, 7) is 0.904. The Morgan fingerprint density at radius 1 is 1.20 bits per heavy atom. The summed E-state index contributed by atoms with van der Waals surface area (Å²) in [6, 6.07) is 4.87. The average Bonchev–Trinajstić information content (AvgIpc) is 2.44. The van der Waals surface area contributed by atoms with Crippen molar-refractivity contribution in [3.63, 3.8) is 0 Å². The first-order valence-corrected chi connectivity index (χ1v) is 6.24. The number of nitrogens with two attached hydrogens (primary N) is 1. The van der Waals surface area contributed by atoms with E-state index >= 15 is 0 Å². The first-order chi connectivity index (χ1) is 9.56. The molecule has 1 aliphatic rings. The lowest BCUT2D eigenvalue weighted by molar-refractivity contribution is -0.135. The van der Waals surface area contributed by atoms with Crippen molar-refractivity contribution in [2.45, 2.75) is 0 Å². The van der Waals surface area contributed by atoms with E-state index in [-0.39, 0.29) is 11.5 Å². The first-order valence-electron chi connectivity index (χ1n) is 5.83. The molecule has 0 fully saturated rings. The molecule has 8 heteroatoms. The zero-order valence-electron chi connectivity index (χ0n) is 10.5. The van der Waals surface area contributed by atoms with Crippen LogP contribution in [0, 0.1) is 0 Å². The third-order valence-corrected chi connectivity index (χ3v) is 2.57. The van der Waals surface area contributed by atoms with Crippen molar-refractivity contribution in [3.8, 4) is 11.5 Å². The molecular formula is C12H13N3O4S. The van der Waals surface area contributed by atoms with Gasteiger partial charge in [0.05, 0.1) is 11.5 Å². The van der Waals surface area contributed by atoms with Crippen molar-refractivity contribution in [1.29, 1.82) is 0 Å². The maximum absolute atomic E-state index is 11.6. The van der Waals surface area contributed by atoms with Crippen molar-refractivity contribution >= 4 is 34.7 Å². The molecule has 0 spiro atoms. The van der Waals surface area contributed by atoms with E-state index in [1.807, 2.05) is 0 Å². The van der Waals surface area contributed by atoms with Crippen molar-refractivity contribution in [2.75, 3.05) is 25.1 Å². The Labute approximate surface area is 120 Å². The van der Waals surface area contributed by atoms with Gasteiger partial charge in [-0.1, -0.05) is 12.2 Å². The summed E-state index contributed by atoms with van der Waals surface area (Å²) in [5.74, 6) is -0.490. The molecule has 2 amide bonds. The van der Waals surface area contributed by atoms with Crippen LogP contribution in [0.1, 0.15) is 0 Å². The number of carbonyl (C=O) groups is 2. The highest BCUT2D eigenvalue weighted by Gasteiger charge is 2.16. The molecule has 0 aromatic heterocycles. The van der Waals surface area contributed by atoms with Crippen LogP contribution in [0.2, 0.25) is 0 Å². The van der Waals surface area contributed by atoms with Gasteiger partial charge in [-0.2, -0.15) is 0 Å². The van der Waals surface area contributed by atoms with Crippen LogP contribution in [-0.2, 0) is 9.59 Å². The number of anilines is 1. The molecule has 1 aromatic carbocycles. The lowest BCUT2D eigenvalue weighted by Gasteiger charge is -2.18. The van der Waals surface area contributed by atoms with Crippen LogP contribution in [0.3, 0.4) is 0 Å². The predicted octanol–water partition coefficient (Wildman–Crippen LogP) is -0.201. The second-order valence-electron chi connectivity index (χ2n) is 3.96. The molecule has 1 aromatic rings. The monoisotopic (exact) mass is 295 g/mol. The summed E-state index contributed by atoms with van der Waals surface area (Å²) >= 11 is 4.60. The molecule has 0 atom stereocenters. The third-order valence-electron chi connectivity index (χ3n) is 2.43. The standard InChI is InChI=1S/C12H13N3O4S/c13-10(20)6-14-11(16)12(17)15-7-1-2-8-9(5-7)19-4-3-18-8/h1-2,5H,3-4,6H2,(H2,13,20)(H,14,16)(H,15,17). The summed E-state index contributed by atoms with van der Waals surface area (Å²) in [4.78, 5) is 23.2. The molecule has 20 heavy (non-hydrogen) atoms. The van der Waals surface area contributed by atoms with Gasteiger partial charge >= 0.3 is 11.8 Å². The van der Waals surface area contributed by atoms with Crippen molar-refractivity contribution < 1.29 is 19.1 Å². The molecule has 2 rings (SSSR count). The largest absolute Gasteiger partial charge is 0.486 e. The van der Waals surface area contributed by atoms with Crippen LogP contribution in [-0.4, -0.2) is 36.6 Å². The SMILES string of the molecule is NC(=S)CNC(=O)C(=O)Nc1ccc2c(c1)OCCO2. The molecule has 0 unspecified atom stereocenters. The number of benzene rings is 1. The Bertz CT molecular complexity index is 562. The fourth-order valence-electron chi connectivity index (χ4n) is 1.56. The minimum absolute atomic E-state index is 0.0251. The van der Waals surface area contributed by atoms with E-state index in [1.54, 1.807) is 18.2 Å². The summed E-state index contributed by atoms with van der Waals surface area (Å²) in [7, 11) is 0. The van der Waals surface area contributed by atoms with E-state index in [0.717, 1.165) is 0 Å². The van der Waals surface area contributed by atoms with Crippen LogP contribution in [0.5, 0.6) is 11.5 Å². The van der Waals surface area contributed by atoms with Crippen LogP contribution in [0.15, 0.2) is 18.2 Å². The number of fused-ring (bicyclic) bond motifs is 1. The highest BCUT2D eigenvalue weighted by atomic mass is 32.1. The molecular weight excluding hydrogens is 282 g/mol. The molecule has 106 valence electrons. The second-order valence-corrected chi connectivity index (χ2v) is 4.49. The number of amides is 2. The molecule has 0 aliphatic carbocycles. The Balaban J connectivity index is 1.97. The van der Waals surface area contributed by atoms with Crippen molar-refractivity contribution in [3.05, 3.63) is 18.2 Å². The van der Waals surface area contributed by atoms with Gasteiger partial charge in [0.15, 0.2) is 11.5 Å².